The van der Waals surface area contributed by atoms with Gasteiger partial charge in [-0.15, -0.1) is 12.4 Å². The normalized spacial score (nSPS) is 13.2. The second-order valence-corrected chi connectivity index (χ2v) is 5.46. The minimum absolute atomic E-state index is 0. The molecule has 3 nitrogen and oxygen atoms in total. The van der Waals surface area contributed by atoms with Gasteiger partial charge in [0.1, 0.15) is 0 Å². The van der Waals surface area contributed by atoms with Crippen LogP contribution in [0.25, 0.3) is 0 Å². The molecule has 0 spiro atoms. The Bertz CT molecular complexity index is 667. The number of fused-ring (bicyclic) bond motifs is 1. The van der Waals surface area contributed by atoms with E-state index in [0.29, 0.717) is 0 Å². The number of carbonyl (C=O) groups is 1. The molecule has 116 valence electrons. The van der Waals surface area contributed by atoms with Gasteiger partial charge in [0.15, 0.2) is 0 Å². The predicted molar refractivity (Wildman–Crippen MR) is 93.9 cm³/mol. The van der Waals surface area contributed by atoms with Crippen LogP contribution in [0.2, 0.25) is 0 Å². The number of hydrogen-bond donors (Lipinski definition) is 1. The molecule has 0 saturated carbocycles. The average molecular weight is 317 g/mol. The Morgan fingerprint density at radius 3 is 2.59 bits per heavy atom. The Morgan fingerprint density at radius 1 is 1.18 bits per heavy atom. The first-order valence-electron chi connectivity index (χ1n) is 7.49. The molecule has 0 aromatic heterocycles. The highest BCUT2D eigenvalue weighted by atomic mass is 35.5. The molecule has 22 heavy (non-hydrogen) atoms. The van der Waals surface area contributed by atoms with Crippen LogP contribution >= 0.6 is 12.4 Å². The third kappa shape index (κ3) is 2.95. The first kappa shape index (κ1) is 16.4. The molecule has 0 saturated heterocycles. The minimum atomic E-state index is 0. The number of nitrogens with zero attached hydrogens (tertiary/aromatic N) is 1. The lowest BCUT2D eigenvalue weighted by Crippen LogP contribution is -2.35. The number of rotatable bonds is 2. The van der Waals surface area contributed by atoms with Gasteiger partial charge >= 0.3 is 0 Å². The molecule has 0 aliphatic carbocycles. The zero-order chi connectivity index (χ0) is 14.8. The van der Waals surface area contributed by atoms with E-state index in [9.17, 15) is 4.79 Å². The number of nitrogens with two attached hydrogens (primary N) is 1. The Kier molecular flexibility index (Phi) is 5.09. The number of nitrogen functional groups attached to an aromatic ring is 1. The fourth-order valence-corrected chi connectivity index (χ4v) is 2.90. The lowest BCUT2D eigenvalue weighted by Gasteiger charge is -2.30. The molecule has 1 aliphatic rings. The zero-order valence-electron chi connectivity index (χ0n) is 12.7. The van der Waals surface area contributed by atoms with Crippen LogP contribution in [0.15, 0.2) is 42.5 Å². The summed E-state index contributed by atoms with van der Waals surface area (Å²) in [6, 6.07) is 13.7. The topological polar surface area (TPSA) is 46.3 Å². The van der Waals surface area contributed by atoms with Gasteiger partial charge < -0.3 is 10.6 Å². The van der Waals surface area contributed by atoms with Crippen molar-refractivity contribution in [3.05, 3.63) is 59.2 Å². The van der Waals surface area contributed by atoms with Crippen molar-refractivity contribution in [3.8, 4) is 0 Å². The fraction of sp³-hybridized carbons (Fsp3) is 0.278. The molecule has 1 amide bonds. The van der Waals surface area contributed by atoms with Gasteiger partial charge in [-0.2, -0.15) is 0 Å². The van der Waals surface area contributed by atoms with Crippen LogP contribution in [-0.4, -0.2) is 12.5 Å². The van der Waals surface area contributed by atoms with Crippen molar-refractivity contribution in [2.24, 2.45) is 0 Å². The monoisotopic (exact) mass is 316 g/mol. The van der Waals surface area contributed by atoms with Crippen molar-refractivity contribution < 1.29 is 4.79 Å². The molecule has 2 N–H and O–H groups in total. The molecular formula is C18H21ClN2O. The summed E-state index contributed by atoms with van der Waals surface area (Å²) >= 11 is 0. The standard InChI is InChI=1S/C18H20N2O.ClH/c1-2-13-8-10-14(11-9-13)18(21)20-12-4-5-15-16(19)6-3-7-17(15)20;/h3,6-11H,2,4-5,12,19H2,1H3;1H. The van der Waals surface area contributed by atoms with E-state index in [1.165, 1.54) is 5.56 Å². The molecule has 3 rings (SSSR count). The highest BCUT2D eigenvalue weighted by Gasteiger charge is 2.24. The molecular weight excluding hydrogens is 296 g/mol. The van der Waals surface area contributed by atoms with Gasteiger partial charge in [-0.25, -0.2) is 0 Å². The van der Waals surface area contributed by atoms with Crippen LogP contribution < -0.4 is 10.6 Å². The van der Waals surface area contributed by atoms with Crippen LogP contribution in [-0.2, 0) is 12.8 Å². The Labute approximate surface area is 137 Å². The maximum atomic E-state index is 12.8. The van der Waals surface area contributed by atoms with E-state index in [-0.39, 0.29) is 18.3 Å². The number of anilines is 2. The number of hydrogen-bond acceptors (Lipinski definition) is 2. The smallest absolute Gasteiger partial charge is 0.258 e. The number of aryl methyl sites for hydroxylation is 1. The molecule has 0 unspecified atom stereocenters. The summed E-state index contributed by atoms with van der Waals surface area (Å²) in [4.78, 5) is 14.6. The molecule has 0 bridgehead atoms. The van der Waals surface area contributed by atoms with Crippen molar-refractivity contribution in [3.63, 3.8) is 0 Å². The molecule has 0 radical (unpaired) electrons. The molecule has 2 aromatic rings. The maximum Gasteiger partial charge on any atom is 0.258 e. The third-order valence-electron chi connectivity index (χ3n) is 4.14. The fourth-order valence-electron chi connectivity index (χ4n) is 2.90. The summed E-state index contributed by atoms with van der Waals surface area (Å²) in [5, 5.41) is 0. The lowest BCUT2D eigenvalue weighted by atomic mass is 9.99. The van der Waals surface area contributed by atoms with E-state index in [1.54, 1.807) is 0 Å². The molecule has 1 heterocycles. The summed E-state index contributed by atoms with van der Waals surface area (Å²) in [5.74, 6) is 0.0594. The van der Waals surface area contributed by atoms with Crippen molar-refractivity contribution in [1.29, 1.82) is 0 Å². The summed E-state index contributed by atoms with van der Waals surface area (Å²) in [6.45, 7) is 2.87. The van der Waals surface area contributed by atoms with E-state index in [4.69, 9.17) is 5.73 Å². The number of benzene rings is 2. The molecule has 4 heteroatoms. The van der Waals surface area contributed by atoms with Gasteiger partial charge in [0, 0.05) is 23.5 Å². The summed E-state index contributed by atoms with van der Waals surface area (Å²) in [5.41, 5.74) is 10.9. The largest absolute Gasteiger partial charge is 0.398 e. The van der Waals surface area contributed by atoms with Crippen molar-refractivity contribution in [1.82, 2.24) is 0 Å². The lowest BCUT2D eigenvalue weighted by molar-refractivity contribution is 0.0985. The third-order valence-corrected chi connectivity index (χ3v) is 4.14. The van der Waals surface area contributed by atoms with Gasteiger partial charge in [0.05, 0.1) is 0 Å². The molecule has 2 aromatic carbocycles. The predicted octanol–water partition coefficient (Wildman–Crippen LogP) is 3.85. The highest BCUT2D eigenvalue weighted by Crippen LogP contribution is 2.32. The number of halogens is 1. The highest BCUT2D eigenvalue weighted by molar-refractivity contribution is 6.07. The van der Waals surface area contributed by atoms with Crippen LogP contribution in [0, 0.1) is 0 Å². The van der Waals surface area contributed by atoms with Gasteiger partial charge in [-0.1, -0.05) is 25.1 Å². The summed E-state index contributed by atoms with van der Waals surface area (Å²) < 4.78 is 0. The quantitative estimate of drug-likeness (QED) is 0.855. The molecule has 0 atom stereocenters. The Morgan fingerprint density at radius 2 is 1.91 bits per heavy atom. The minimum Gasteiger partial charge on any atom is -0.398 e. The van der Waals surface area contributed by atoms with Crippen molar-refractivity contribution >= 4 is 29.7 Å². The SMILES string of the molecule is CCc1ccc(C(=O)N2CCCc3c(N)cccc32)cc1.Cl. The number of carbonyl (C=O) groups excluding carboxylic acids is 1. The second-order valence-electron chi connectivity index (χ2n) is 5.46. The van der Waals surface area contributed by atoms with Crippen LogP contribution in [0.3, 0.4) is 0 Å². The van der Waals surface area contributed by atoms with E-state index in [2.05, 4.69) is 6.92 Å². The van der Waals surface area contributed by atoms with Crippen LogP contribution in [0.1, 0.15) is 34.8 Å². The van der Waals surface area contributed by atoms with Crippen molar-refractivity contribution in [2.75, 3.05) is 17.2 Å². The molecule has 1 aliphatic heterocycles. The molecule has 0 fully saturated rings. The van der Waals surface area contributed by atoms with E-state index in [1.807, 2.05) is 47.4 Å². The average Bonchev–Trinajstić information content (AvgIpc) is 2.54. The van der Waals surface area contributed by atoms with Crippen LogP contribution in [0.5, 0.6) is 0 Å². The van der Waals surface area contributed by atoms with Crippen molar-refractivity contribution in [2.45, 2.75) is 26.2 Å². The van der Waals surface area contributed by atoms with Gasteiger partial charge in [-0.3, -0.25) is 4.79 Å². The summed E-state index contributed by atoms with van der Waals surface area (Å²) in [6.07, 6.45) is 2.89. The van der Waals surface area contributed by atoms with E-state index >= 15 is 0 Å². The van der Waals surface area contributed by atoms with Gasteiger partial charge in [-0.05, 0) is 54.7 Å². The van der Waals surface area contributed by atoms with E-state index < -0.39 is 0 Å². The summed E-state index contributed by atoms with van der Waals surface area (Å²) in [7, 11) is 0. The van der Waals surface area contributed by atoms with Crippen LogP contribution in [0.4, 0.5) is 11.4 Å². The first-order valence-corrected chi connectivity index (χ1v) is 7.49. The van der Waals surface area contributed by atoms with Gasteiger partial charge in [0.2, 0.25) is 0 Å². The Balaban J connectivity index is 0.00000176. The van der Waals surface area contributed by atoms with E-state index in [0.717, 1.165) is 48.3 Å². The first-order chi connectivity index (χ1) is 10.2. The zero-order valence-corrected chi connectivity index (χ0v) is 13.5. The number of amides is 1. The van der Waals surface area contributed by atoms with Gasteiger partial charge in [0.25, 0.3) is 5.91 Å². The second kappa shape index (κ2) is 6.84. The maximum absolute atomic E-state index is 12.8. The Hall–Kier alpha value is -2.00.